The second-order valence-electron chi connectivity index (χ2n) is 5.71. The largest absolute Gasteiger partial charge is 0.391 e. The molecule has 0 aromatic carbocycles. The zero-order chi connectivity index (χ0) is 14.8. The average Bonchev–Trinajstić information content (AvgIpc) is 2.50. The molecule has 0 bridgehead atoms. The SMILES string of the molecule is Cc1cc(N2CCC(C)C(O)C2)nc(-c2cccnc2)n1. The van der Waals surface area contributed by atoms with E-state index in [1.54, 1.807) is 12.4 Å². The molecule has 3 rings (SSSR count). The van der Waals surface area contributed by atoms with E-state index in [1.807, 2.05) is 25.1 Å². The fourth-order valence-electron chi connectivity index (χ4n) is 2.60. The smallest absolute Gasteiger partial charge is 0.163 e. The van der Waals surface area contributed by atoms with Gasteiger partial charge in [-0.05, 0) is 31.4 Å². The summed E-state index contributed by atoms with van der Waals surface area (Å²) >= 11 is 0. The molecule has 2 unspecified atom stereocenters. The molecule has 0 radical (unpaired) electrons. The minimum atomic E-state index is -0.295. The summed E-state index contributed by atoms with van der Waals surface area (Å²) in [5, 5.41) is 10.1. The van der Waals surface area contributed by atoms with Crippen LogP contribution in [-0.4, -0.2) is 39.3 Å². The summed E-state index contributed by atoms with van der Waals surface area (Å²) < 4.78 is 0. The van der Waals surface area contributed by atoms with Crippen LogP contribution in [0.4, 0.5) is 5.82 Å². The molecule has 21 heavy (non-hydrogen) atoms. The van der Waals surface area contributed by atoms with Gasteiger partial charge < -0.3 is 10.0 Å². The van der Waals surface area contributed by atoms with Crippen molar-refractivity contribution >= 4 is 5.82 Å². The van der Waals surface area contributed by atoms with Gasteiger partial charge in [0.2, 0.25) is 0 Å². The second-order valence-corrected chi connectivity index (χ2v) is 5.71. The monoisotopic (exact) mass is 284 g/mol. The molecule has 3 heterocycles. The number of aromatic nitrogens is 3. The lowest BCUT2D eigenvalue weighted by Crippen LogP contribution is -2.43. The maximum atomic E-state index is 10.1. The van der Waals surface area contributed by atoms with Crippen LogP contribution in [0.25, 0.3) is 11.4 Å². The van der Waals surface area contributed by atoms with Gasteiger partial charge in [0, 0.05) is 42.8 Å². The molecule has 1 saturated heterocycles. The van der Waals surface area contributed by atoms with Gasteiger partial charge in [0.1, 0.15) is 5.82 Å². The number of β-amino-alcohol motifs (C(OH)–C–C–N with tert-alkyl or cyclic N) is 1. The van der Waals surface area contributed by atoms with E-state index in [0.717, 1.165) is 30.0 Å². The van der Waals surface area contributed by atoms with Crippen LogP contribution >= 0.6 is 0 Å². The van der Waals surface area contributed by atoms with E-state index in [-0.39, 0.29) is 6.10 Å². The van der Waals surface area contributed by atoms with Crippen LogP contribution < -0.4 is 4.90 Å². The zero-order valence-corrected chi connectivity index (χ0v) is 12.4. The van der Waals surface area contributed by atoms with E-state index >= 15 is 0 Å². The molecule has 1 aliphatic heterocycles. The molecule has 5 nitrogen and oxygen atoms in total. The lowest BCUT2D eigenvalue weighted by atomic mass is 9.96. The Morgan fingerprint density at radius 2 is 2.19 bits per heavy atom. The highest BCUT2D eigenvalue weighted by molar-refractivity contribution is 5.56. The van der Waals surface area contributed by atoms with Gasteiger partial charge in [0.25, 0.3) is 0 Å². The summed E-state index contributed by atoms with van der Waals surface area (Å²) in [5.41, 5.74) is 1.83. The van der Waals surface area contributed by atoms with Crippen molar-refractivity contribution in [3.63, 3.8) is 0 Å². The van der Waals surface area contributed by atoms with Gasteiger partial charge in [-0.15, -0.1) is 0 Å². The number of hydrogen-bond donors (Lipinski definition) is 1. The summed E-state index contributed by atoms with van der Waals surface area (Å²) in [7, 11) is 0. The first-order valence-electron chi connectivity index (χ1n) is 7.32. The molecular formula is C16H20N4O. The fraction of sp³-hybridized carbons (Fsp3) is 0.438. The Hall–Kier alpha value is -2.01. The molecular weight excluding hydrogens is 264 g/mol. The van der Waals surface area contributed by atoms with E-state index in [1.165, 1.54) is 0 Å². The number of rotatable bonds is 2. The summed E-state index contributed by atoms with van der Waals surface area (Å²) in [6, 6.07) is 5.81. The summed E-state index contributed by atoms with van der Waals surface area (Å²) in [6.45, 7) is 5.60. The Kier molecular flexibility index (Phi) is 3.84. The predicted molar refractivity (Wildman–Crippen MR) is 82.0 cm³/mol. The van der Waals surface area contributed by atoms with Crippen LogP contribution in [0.5, 0.6) is 0 Å². The summed E-state index contributed by atoms with van der Waals surface area (Å²) in [5.74, 6) is 1.92. The van der Waals surface area contributed by atoms with Crippen LogP contribution in [0.1, 0.15) is 19.0 Å². The Labute approximate surface area is 124 Å². The Bertz CT molecular complexity index is 617. The van der Waals surface area contributed by atoms with Crippen molar-refractivity contribution in [1.82, 2.24) is 15.0 Å². The molecule has 1 fully saturated rings. The minimum absolute atomic E-state index is 0.295. The quantitative estimate of drug-likeness (QED) is 0.914. The van der Waals surface area contributed by atoms with Crippen molar-refractivity contribution in [3.05, 3.63) is 36.3 Å². The van der Waals surface area contributed by atoms with Crippen molar-refractivity contribution in [2.75, 3.05) is 18.0 Å². The third-order valence-electron chi connectivity index (χ3n) is 4.00. The number of anilines is 1. The average molecular weight is 284 g/mol. The molecule has 2 atom stereocenters. The van der Waals surface area contributed by atoms with E-state index < -0.39 is 0 Å². The highest BCUT2D eigenvalue weighted by atomic mass is 16.3. The number of piperidine rings is 1. The molecule has 1 aliphatic rings. The number of aryl methyl sites for hydroxylation is 1. The molecule has 5 heteroatoms. The van der Waals surface area contributed by atoms with Crippen molar-refractivity contribution < 1.29 is 5.11 Å². The van der Waals surface area contributed by atoms with Gasteiger partial charge in [0.05, 0.1) is 6.10 Å². The first kappa shape index (κ1) is 13.9. The Morgan fingerprint density at radius 3 is 2.90 bits per heavy atom. The van der Waals surface area contributed by atoms with E-state index in [0.29, 0.717) is 18.3 Å². The number of hydrogen-bond acceptors (Lipinski definition) is 5. The van der Waals surface area contributed by atoms with Crippen molar-refractivity contribution in [2.24, 2.45) is 5.92 Å². The minimum Gasteiger partial charge on any atom is -0.391 e. The highest BCUT2D eigenvalue weighted by Gasteiger charge is 2.25. The highest BCUT2D eigenvalue weighted by Crippen LogP contribution is 2.24. The number of nitrogens with zero attached hydrogens (tertiary/aromatic N) is 4. The molecule has 110 valence electrons. The first-order chi connectivity index (χ1) is 10.1. The number of aliphatic hydroxyl groups is 1. The van der Waals surface area contributed by atoms with Crippen molar-refractivity contribution in [1.29, 1.82) is 0 Å². The Balaban J connectivity index is 1.92. The van der Waals surface area contributed by atoms with Crippen LogP contribution in [0, 0.1) is 12.8 Å². The molecule has 0 saturated carbocycles. The molecule has 0 spiro atoms. The van der Waals surface area contributed by atoms with E-state index in [9.17, 15) is 5.11 Å². The Morgan fingerprint density at radius 1 is 1.33 bits per heavy atom. The standard InChI is InChI=1S/C16H20N4O/c1-11-5-7-20(10-14(11)21)15-8-12(2)18-16(19-15)13-4-3-6-17-9-13/h3-4,6,8-9,11,14,21H,5,7,10H2,1-2H3. The van der Waals surface area contributed by atoms with Gasteiger partial charge in [-0.3, -0.25) is 4.98 Å². The normalized spacial score (nSPS) is 22.3. The third kappa shape index (κ3) is 3.03. The van der Waals surface area contributed by atoms with Gasteiger partial charge >= 0.3 is 0 Å². The maximum Gasteiger partial charge on any atom is 0.163 e. The molecule has 2 aromatic rings. The molecule has 0 amide bonds. The lowest BCUT2D eigenvalue weighted by Gasteiger charge is -2.35. The number of aliphatic hydroxyl groups excluding tert-OH is 1. The summed E-state index contributed by atoms with van der Waals surface area (Å²) in [6.07, 6.45) is 4.19. The van der Waals surface area contributed by atoms with Crippen LogP contribution in [0.3, 0.4) is 0 Å². The van der Waals surface area contributed by atoms with Gasteiger partial charge in [0.15, 0.2) is 5.82 Å². The van der Waals surface area contributed by atoms with Gasteiger partial charge in [-0.2, -0.15) is 0 Å². The lowest BCUT2D eigenvalue weighted by molar-refractivity contribution is 0.102. The summed E-state index contributed by atoms with van der Waals surface area (Å²) in [4.78, 5) is 15.4. The van der Waals surface area contributed by atoms with Crippen LogP contribution in [-0.2, 0) is 0 Å². The molecule has 0 aliphatic carbocycles. The van der Waals surface area contributed by atoms with Crippen molar-refractivity contribution in [2.45, 2.75) is 26.4 Å². The van der Waals surface area contributed by atoms with E-state index in [4.69, 9.17) is 0 Å². The zero-order valence-electron chi connectivity index (χ0n) is 12.4. The van der Waals surface area contributed by atoms with E-state index in [2.05, 4.69) is 26.8 Å². The molecule has 2 aromatic heterocycles. The second kappa shape index (κ2) is 5.77. The third-order valence-corrected chi connectivity index (χ3v) is 4.00. The maximum absolute atomic E-state index is 10.1. The van der Waals surface area contributed by atoms with Crippen molar-refractivity contribution in [3.8, 4) is 11.4 Å². The topological polar surface area (TPSA) is 62.1 Å². The van der Waals surface area contributed by atoms with Crippen LogP contribution in [0.15, 0.2) is 30.6 Å². The van der Waals surface area contributed by atoms with Crippen LogP contribution in [0.2, 0.25) is 0 Å². The number of pyridine rings is 1. The predicted octanol–water partition coefficient (Wildman–Crippen LogP) is 2.05. The van der Waals surface area contributed by atoms with Gasteiger partial charge in [-0.1, -0.05) is 6.92 Å². The molecule has 1 N–H and O–H groups in total. The fourth-order valence-corrected chi connectivity index (χ4v) is 2.60. The van der Waals surface area contributed by atoms with Gasteiger partial charge in [-0.25, -0.2) is 9.97 Å². The first-order valence-corrected chi connectivity index (χ1v) is 7.32.